The van der Waals surface area contributed by atoms with Gasteiger partial charge in [-0.05, 0) is 73.1 Å². The van der Waals surface area contributed by atoms with E-state index in [-0.39, 0.29) is 4.90 Å². The highest BCUT2D eigenvalue weighted by atomic mass is 32.2. The van der Waals surface area contributed by atoms with Crippen LogP contribution in [-0.2, 0) is 23.0 Å². The Labute approximate surface area is 185 Å². The van der Waals surface area contributed by atoms with Gasteiger partial charge in [-0.3, -0.25) is 4.90 Å². The molecule has 0 radical (unpaired) electrons. The largest absolute Gasteiger partial charge is 0.497 e. The van der Waals surface area contributed by atoms with Crippen LogP contribution in [0.15, 0.2) is 41.3 Å². The van der Waals surface area contributed by atoms with Gasteiger partial charge in [-0.2, -0.15) is 4.31 Å². The van der Waals surface area contributed by atoms with Crippen LogP contribution in [0.3, 0.4) is 0 Å². The molecule has 2 heterocycles. The third kappa shape index (κ3) is 4.73. The Bertz CT molecular complexity index is 1030. The van der Waals surface area contributed by atoms with E-state index in [2.05, 4.69) is 17.0 Å². The average Bonchev–Trinajstić information content (AvgIpc) is 2.78. The van der Waals surface area contributed by atoms with Crippen LogP contribution in [0.4, 0.5) is 0 Å². The molecular weight excluding hydrogens is 412 g/mol. The molecule has 0 bridgehead atoms. The molecule has 2 aromatic rings. The van der Waals surface area contributed by atoms with Crippen LogP contribution in [0, 0.1) is 12.8 Å². The zero-order valence-corrected chi connectivity index (χ0v) is 19.5. The fraction of sp³-hybridized carbons (Fsp3) is 0.500. The Balaban J connectivity index is 1.36. The van der Waals surface area contributed by atoms with Crippen molar-refractivity contribution in [3.8, 4) is 11.5 Å². The van der Waals surface area contributed by atoms with Crippen LogP contribution in [0.25, 0.3) is 0 Å². The first-order valence-electron chi connectivity index (χ1n) is 10.9. The predicted molar refractivity (Wildman–Crippen MR) is 121 cm³/mol. The summed E-state index contributed by atoms with van der Waals surface area (Å²) < 4.78 is 38.7. The molecule has 2 aromatic carbocycles. The summed E-state index contributed by atoms with van der Waals surface area (Å²) in [5.41, 5.74) is 3.73. The molecule has 0 saturated carbocycles. The summed E-state index contributed by atoms with van der Waals surface area (Å²) in [4.78, 5) is 2.77. The first-order chi connectivity index (χ1) is 14.9. The molecule has 168 valence electrons. The van der Waals surface area contributed by atoms with Gasteiger partial charge in [0.1, 0.15) is 16.4 Å². The summed E-state index contributed by atoms with van der Waals surface area (Å²) in [5, 5.41) is 0. The number of hydrogen-bond acceptors (Lipinski definition) is 5. The van der Waals surface area contributed by atoms with Crippen molar-refractivity contribution in [3.63, 3.8) is 0 Å². The summed E-state index contributed by atoms with van der Waals surface area (Å²) in [7, 11) is -0.314. The summed E-state index contributed by atoms with van der Waals surface area (Å²) in [6.07, 6.45) is 2.81. The zero-order chi connectivity index (χ0) is 22.0. The topological polar surface area (TPSA) is 59.1 Å². The number of benzene rings is 2. The lowest BCUT2D eigenvalue weighted by atomic mass is 9.94. The van der Waals surface area contributed by atoms with Crippen molar-refractivity contribution < 1.29 is 17.9 Å². The van der Waals surface area contributed by atoms with Crippen LogP contribution in [0.5, 0.6) is 11.5 Å². The molecule has 0 spiro atoms. The lowest BCUT2D eigenvalue weighted by Gasteiger charge is -2.36. The molecule has 2 aliphatic rings. The molecular formula is C24H32N2O4S. The van der Waals surface area contributed by atoms with E-state index >= 15 is 0 Å². The number of aryl methyl sites for hydroxylation is 1. The molecule has 7 heteroatoms. The van der Waals surface area contributed by atoms with Crippen LogP contribution < -0.4 is 9.47 Å². The van der Waals surface area contributed by atoms with E-state index in [0.29, 0.717) is 24.8 Å². The summed E-state index contributed by atoms with van der Waals surface area (Å²) in [6, 6.07) is 11.6. The van der Waals surface area contributed by atoms with E-state index in [0.717, 1.165) is 50.2 Å². The molecule has 31 heavy (non-hydrogen) atoms. The van der Waals surface area contributed by atoms with Crippen molar-refractivity contribution in [2.45, 2.75) is 37.6 Å². The maximum absolute atomic E-state index is 13.2. The summed E-state index contributed by atoms with van der Waals surface area (Å²) in [6.45, 7) is 6.07. The Kier molecular flexibility index (Phi) is 6.55. The second-order valence-electron chi connectivity index (χ2n) is 8.62. The molecule has 1 saturated heterocycles. The van der Waals surface area contributed by atoms with E-state index < -0.39 is 10.0 Å². The molecule has 0 N–H and O–H groups in total. The highest BCUT2D eigenvalue weighted by Gasteiger charge is 2.32. The van der Waals surface area contributed by atoms with Gasteiger partial charge in [0.2, 0.25) is 10.0 Å². The number of piperidine rings is 1. The van der Waals surface area contributed by atoms with E-state index in [4.69, 9.17) is 9.47 Å². The highest BCUT2D eigenvalue weighted by molar-refractivity contribution is 7.89. The van der Waals surface area contributed by atoms with Gasteiger partial charge < -0.3 is 9.47 Å². The minimum absolute atomic E-state index is 0.266. The first kappa shape index (κ1) is 22.1. The fourth-order valence-electron chi connectivity index (χ4n) is 4.69. The monoisotopic (exact) mass is 444 g/mol. The molecule has 0 amide bonds. The minimum Gasteiger partial charge on any atom is -0.497 e. The van der Waals surface area contributed by atoms with Crippen molar-refractivity contribution in [2.75, 3.05) is 40.4 Å². The number of nitrogens with zero attached hydrogens (tertiary/aromatic N) is 2. The van der Waals surface area contributed by atoms with E-state index in [1.165, 1.54) is 18.2 Å². The van der Waals surface area contributed by atoms with Gasteiger partial charge in [0.05, 0.1) is 14.2 Å². The van der Waals surface area contributed by atoms with Gasteiger partial charge >= 0.3 is 0 Å². The van der Waals surface area contributed by atoms with Gasteiger partial charge in [0.15, 0.2) is 0 Å². The van der Waals surface area contributed by atoms with Crippen molar-refractivity contribution in [2.24, 2.45) is 5.92 Å². The van der Waals surface area contributed by atoms with E-state index in [9.17, 15) is 8.42 Å². The molecule has 1 fully saturated rings. The number of methoxy groups -OCH3 is 2. The van der Waals surface area contributed by atoms with Gasteiger partial charge in [-0.25, -0.2) is 8.42 Å². The zero-order valence-electron chi connectivity index (χ0n) is 18.6. The smallest absolute Gasteiger partial charge is 0.246 e. The third-order valence-corrected chi connectivity index (χ3v) is 8.47. The Morgan fingerprint density at radius 1 is 0.968 bits per heavy atom. The lowest BCUT2D eigenvalue weighted by molar-refractivity contribution is 0.171. The van der Waals surface area contributed by atoms with Gasteiger partial charge in [0.25, 0.3) is 0 Å². The van der Waals surface area contributed by atoms with Crippen LogP contribution in [0.1, 0.15) is 29.5 Å². The predicted octanol–water partition coefficient (Wildman–Crippen LogP) is 3.47. The van der Waals surface area contributed by atoms with Crippen LogP contribution >= 0.6 is 0 Å². The van der Waals surface area contributed by atoms with Gasteiger partial charge in [-0.1, -0.05) is 12.1 Å². The highest BCUT2D eigenvalue weighted by Crippen LogP contribution is 2.31. The number of fused-ring (bicyclic) bond motifs is 1. The lowest BCUT2D eigenvalue weighted by Crippen LogP contribution is -2.42. The minimum atomic E-state index is -3.54. The van der Waals surface area contributed by atoms with Gasteiger partial charge in [-0.15, -0.1) is 0 Å². The first-order valence-corrected chi connectivity index (χ1v) is 12.4. The summed E-state index contributed by atoms with van der Waals surface area (Å²) in [5.74, 6) is 1.86. The normalized spacial score (nSPS) is 18.5. The number of rotatable bonds is 6. The SMILES string of the molecule is COc1ccc2c(c1)CCN(CC1CCN(S(=O)(=O)c3ccc(C)cc3OC)CC1)C2. The maximum Gasteiger partial charge on any atom is 0.246 e. The maximum atomic E-state index is 13.2. The van der Waals surface area contributed by atoms with E-state index in [1.807, 2.05) is 19.1 Å². The average molecular weight is 445 g/mol. The second kappa shape index (κ2) is 9.18. The molecule has 0 unspecified atom stereocenters. The Hall–Kier alpha value is -2.09. The van der Waals surface area contributed by atoms with E-state index in [1.54, 1.807) is 23.5 Å². The van der Waals surface area contributed by atoms with Crippen molar-refractivity contribution in [1.29, 1.82) is 0 Å². The van der Waals surface area contributed by atoms with Crippen molar-refractivity contribution >= 4 is 10.0 Å². The number of sulfonamides is 1. The second-order valence-corrected chi connectivity index (χ2v) is 10.5. The van der Waals surface area contributed by atoms with Crippen LogP contribution in [0.2, 0.25) is 0 Å². The Morgan fingerprint density at radius 3 is 2.45 bits per heavy atom. The molecule has 0 aromatic heterocycles. The molecule has 0 atom stereocenters. The number of hydrogen-bond donors (Lipinski definition) is 0. The summed E-state index contributed by atoms with van der Waals surface area (Å²) >= 11 is 0. The Morgan fingerprint density at radius 2 is 1.74 bits per heavy atom. The molecule has 6 nitrogen and oxygen atoms in total. The fourth-order valence-corrected chi connectivity index (χ4v) is 6.30. The van der Waals surface area contributed by atoms with Gasteiger partial charge in [0, 0.05) is 32.7 Å². The number of ether oxygens (including phenoxy) is 2. The van der Waals surface area contributed by atoms with Crippen LogP contribution in [-0.4, -0.2) is 58.0 Å². The third-order valence-electron chi connectivity index (χ3n) is 6.53. The molecule has 4 rings (SSSR count). The molecule has 0 aliphatic carbocycles. The van der Waals surface area contributed by atoms with Crippen molar-refractivity contribution in [3.05, 3.63) is 53.1 Å². The molecule has 2 aliphatic heterocycles. The standard InChI is InChI=1S/C24H32N2O4S/c1-18-4-7-24(23(14-18)30-3)31(27,28)26-12-8-19(9-13-26)16-25-11-10-20-15-22(29-2)6-5-21(20)17-25/h4-7,14-15,19H,8-13,16-17H2,1-3H3. The quantitative estimate of drug-likeness (QED) is 0.683. The van der Waals surface area contributed by atoms with Crippen molar-refractivity contribution in [1.82, 2.24) is 9.21 Å².